The number of hydrogen-bond donors (Lipinski definition) is 3. The molecular formula is C19H20Cl2N2O2S. The summed E-state index contributed by atoms with van der Waals surface area (Å²) >= 11 is 17.5. The Morgan fingerprint density at radius 2 is 1.81 bits per heavy atom. The summed E-state index contributed by atoms with van der Waals surface area (Å²) in [5.74, 6) is -0.163. The summed E-state index contributed by atoms with van der Waals surface area (Å²) in [7, 11) is 0. The molecule has 1 aliphatic rings. The first-order valence-corrected chi connectivity index (χ1v) is 9.61. The van der Waals surface area contributed by atoms with Crippen LogP contribution >= 0.6 is 35.4 Å². The Bertz CT molecular complexity index is 829. The molecule has 138 valence electrons. The molecule has 26 heavy (non-hydrogen) atoms. The van der Waals surface area contributed by atoms with Gasteiger partial charge in [-0.05, 0) is 72.4 Å². The first kappa shape index (κ1) is 19.1. The second kappa shape index (κ2) is 8.33. The van der Waals surface area contributed by atoms with Gasteiger partial charge in [-0.3, -0.25) is 0 Å². The molecule has 3 rings (SSSR count). The maximum absolute atomic E-state index is 9.76. The number of thiocarbonyl (C=S) groups is 1. The van der Waals surface area contributed by atoms with Crippen molar-refractivity contribution in [2.75, 3.05) is 13.1 Å². The highest BCUT2D eigenvalue weighted by Crippen LogP contribution is 2.31. The third kappa shape index (κ3) is 4.53. The SMILES string of the molecule is Oc1cc2c(cc1O)CN(C(=S)NCCc1ccc(Cl)c(Cl)c1)CCC2. The molecule has 0 aromatic heterocycles. The Morgan fingerprint density at radius 3 is 2.54 bits per heavy atom. The fourth-order valence-corrected chi connectivity index (χ4v) is 3.66. The average Bonchev–Trinajstić information content (AvgIpc) is 2.80. The second-order valence-electron chi connectivity index (χ2n) is 6.37. The molecule has 0 saturated carbocycles. The highest BCUT2D eigenvalue weighted by molar-refractivity contribution is 7.80. The molecule has 2 aromatic carbocycles. The van der Waals surface area contributed by atoms with E-state index in [9.17, 15) is 10.2 Å². The molecule has 0 amide bonds. The first-order chi connectivity index (χ1) is 12.4. The molecule has 1 aliphatic heterocycles. The average molecular weight is 411 g/mol. The molecule has 0 unspecified atom stereocenters. The molecule has 0 saturated heterocycles. The molecule has 0 atom stereocenters. The number of fused-ring (bicyclic) bond motifs is 1. The van der Waals surface area contributed by atoms with Gasteiger partial charge in [0.25, 0.3) is 0 Å². The van der Waals surface area contributed by atoms with Crippen LogP contribution in [-0.2, 0) is 19.4 Å². The minimum atomic E-state index is -0.0934. The quantitative estimate of drug-likeness (QED) is 0.520. The molecule has 0 fully saturated rings. The number of phenols is 2. The highest BCUT2D eigenvalue weighted by Gasteiger charge is 2.18. The van der Waals surface area contributed by atoms with Gasteiger partial charge in [-0.25, -0.2) is 0 Å². The predicted molar refractivity (Wildman–Crippen MR) is 109 cm³/mol. The van der Waals surface area contributed by atoms with Crippen LogP contribution in [0.15, 0.2) is 30.3 Å². The smallest absolute Gasteiger partial charge is 0.169 e. The molecule has 0 spiro atoms. The van der Waals surface area contributed by atoms with E-state index in [1.807, 2.05) is 12.1 Å². The van der Waals surface area contributed by atoms with Gasteiger partial charge in [0.2, 0.25) is 0 Å². The number of phenolic OH excluding ortho intramolecular Hbond substituents is 2. The maximum Gasteiger partial charge on any atom is 0.169 e. The fraction of sp³-hybridized carbons (Fsp3) is 0.316. The zero-order chi connectivity index (χ0) is 18.7. The van der Waals surface area contributed by atoms with E-state index in [-0.39, 0.29) is 11.5 Å². The molecule has 1 heterocycles. The molecule has 4 nitrogen and oxygen atoms in total. The van der Waals surface area contributed by atoms with Gasteiger partial charge in [0.1, 0.15) is 0 Å². The topological polar surface area (TPSA) is 55.7 Å². The summed E-state index contributed by atoms with van der Waals surface area (Å²) in [5, 5.41) is 24.5. The lowest BCUT2D eigenvalue weighted by Crippen LogP contribution is -2.40. The zero-order valence-corrected chi connectivity index (χ0v) is 16.5. The summed E-state index contributed by atoms with van der Waals surface area (Å²) in [6.07, 6.45) is 2.58. The van der Waals surface area contributed by atoms with Gasteiger partial charge in [0.05, 0.1) is 10.0 Å². The number of nitrogens with one attached hydrogen (secondary N) is 1. The van der Waals surface area contributed by atoms with Crippen molar-refractivity contribution in [3.8, 4) is 11.5 Å². The summed E-state index contributed by atoms with van der Waals surface area (Å²) in [4.78, 5) is 2.09. The van der Waals surface area contributed by atoms with Gasteiger partial charge in [-0.1, -0.05) is 29.3 Å². The van der Waals surface area contributed by atoms with Crippen molar-refractivity contribution < 1.29 is 10.2 Å². The molecule has 2 aromatic rings. The third-order valence-electron chi connectivity index (χ3n) is 4.49. The summed E-state index contributed by atoms with van der Waals surface area (Å²) in [6, 6.07) is 8.89. The number of benzene rings is 2. The monoisotopic (exact) mass is 410 g/mol. The van der Waals surface area contributed by atoms with E-state index in [0.717, 1.165) is 42.5 Å². The first-order valence-electron chi connectivity index (χ1n) is 8.44. The fourth-order valence-electron chi connectivity index (χ4n) is 3.08. The lowest BCUT2D eigenvalue weighted by Gasteiger charge is -2.24. The van der Waals surface area contributed by atoms with E-state index in [4.69, 9.17) is 35.4 Å². The molecule has 7 heteroatoms. The largest absolute Gasteiger partial charge is 0.504 e. The van der Waals surface area contributed by atoms with Crippen molar-refractivity contribution >= 4 is 40.5 Å². The van der Waals surface area contributed by atoms with Crippen LogP contribution in [0.1, 0.15) is 23.1 Å². The van der Waals surface area contributed by atoms with Crippen LogP contribution < -0.4 is 5.32 Å². The zero-order valence-electron chi connectivity index (χ0n) is 14.1. The Balaban J connectivity index is 1.59. The van der Waals surface area contributed by atoms with Crippen LogP contribution in [0.3, 0.4) is 0 Å². The molecular weight excluding hydrogens is 391 g/mol. The number of hydrogen-bond acceptors (Lipinski definition) is 3. The van der Waals surface area contributed by atoms with Crippen LogP contribution in [0.5, 0.6) is 11.5 Å². The van der Waals surface area contributed by atoms with E-state index in [1.54, 1.807) is 18.2 Å². The van der Waals surface area contributed by atoms with Gasteiger partial charge >= 0.3 is 0 Å². The Kier molecular flexibility index (Phi) is 6.12. The number of nitrogens with zero attached hydrogens (tertiary/aromatic N) is 1. The molecule has 0 aliphatic carbocycles. The van der Waals surface area contributed by atoms with Crippen LogP contribution in [0, 0.1) is 0 Å². The normalized spacial score (nSPS) is 13.8. The van der Waals surface area contributed by atoms with Gasteiger partial charge in [0.15, 0.2) is 16.6 Å². The molecule has 0 bridgehead atoms. The van der Waals surface area contributed by atoms with Gasteiger partial charge in [-0.15, -0.1) is 0 Å². The number of halogens is 2. The van der Waals surface area contributed by atoms with E-state index < -0.39 is 0 Å². The van der Waals surface area contributed by atoms with E-state index >= 15 is 0 Å². The maximum atomic E-state index is 9.76. The van der Waals surface area contributed by atoms with Gasteiger partial charge in [-0.2, -0.15) is 0 Å². The van der Waals surface area contributed by atoms with Crippen LogP contribution in [-0.4, -0.2) is 33.3 Å². The number of rotatable bonds is 3. The lowest BCUT2D eigenvalue weighted by molar-refractivity contribution is 0.397. The van der Waals surface area contributed by atoms with Crippen LogP contribution in [0.2, 0.25) is 10.0 Å². The minimum Gasteiger partial charge on any atom is -0.504 e. The lowest BCUT2D eigenvalue weighted by atomic mass is 10.0. The standard InChI is InChI=1S/C19H20Cl2N2O2S/c20-15-4-3-12(8-16(15)21)5-6-22-19(26)23-7-1-2-13-9-17(24)18(25)10-14(13)11-23/h3-4,8-10,24-25H,1-2,5-7,11H2,(H,22,26). The van der Waals surface area contributed by atoms with Crippen LogP contribution in [0.25, 0.3) is 0 Å². The summed E-state index contributed by atoms with van der Waals surface area (Å²) in [6.45, 7) is 2.14. The number of aromatic hydroxyl groups is 2. The van der Waals surface area contributed by atoms with Crippen LogP contribution in [0.4, 0.5) is 0 Å². The summed E-state index contributed by atoms with van der Waals surface area (Å²) < 4.78 is 0. The predicted octanol–water partition coefficient (Wildman–Crippen LogP) is 4.27. The van der Waals surface area contributed by atoms with Crippen molar-refractivity contribution in [1.82, 2.24) is 10.2 Å². The van der Waals surface area contributed by atoms with Crippen molar-refractivity contribution in [1.29, 1.82) is 0 Å². The highest BCUT2D eigenvalue weighted by atomic mass is 35.5. The second-order valence-corrected chi connectivity index (χ2v) is 7.57. The Morgan fingerprint density at radius 1 is 1.08 bits per heavy atom. The summed E-state index contributed by atoms with van der Waals surface area (Å²) in [5.41, 5.74) is 3.14. The molecule has 3 N–H and O–H groups in total. The van der Waals surface area contributed by atoms with E-state index in [0.29, 0.717) is 28.2 Å². The Hall–Kier alpha value is -1.69. The number of aryl methyl sites for hydroxylation is 1. The third-order valence-corrected chi connectivity index (χ3v) is 5.63. The van der Waals surface area contributed by atoms with Crippen molar-refractivity contribution in [3.05, 3.63) is 57.1 Å². The molecule has 0 radical (unpaired) electrons. The van der Waals surface area contributed by atoms with Gasteiger partial charge < -0.3 is 20.4 Å². The van der Waals surface area contributed by atoms with Gasteiger partial charge in [0, 0.05) is 19.6 Å². The minimum absolute atomic E-state index is 0.0699. The van der Waals surface area contributed by atoms with Crippen molar-refractivity contribution in [3.63, 3.8) is 0 Å². The van der Waals surface area contributed by atoms with Crippen molar-refractivity contribution in [2.24, 2.45) is 0 Å². The van der Waals surface area contributed by atoms with Crippen molar-refractivity contribution in [2.45, 2.75) is 25.8 Å². The Labute approximate surface area is 168 Å². The van der Waals surface area contributed by atoms with E-state index in [1.165, 1.54) is 0 Å². The van der Waals surface area contributed by atoms with E-state index in [2.05, 4.69) is 10.2 Å².